The van der Waals surface area contributed by atoms with Crippen molar-refractivity contribution in [3.05, 3.63) is 35.4 Å². The number of carbonyl (C=O) groups excluding carboxylic acids is 2. The van der Waals surface area contributed by atoms with Gasteiger partial charge >= 0.3 is 0 Å². The number of hydrogen-bond donors (Lipinski definition) is 0. The summed E-state index contributed by atoms with van der Waals surface area (Å²) < 4.78 is 0. The van der Waals surface area contributed by atoms with E-state index >= 15 is 0 Å². The second kappa shape index (κ2) is 8.01. The van der Waals surface area contributed by atoms with E-state index in [-0.39, 0.29) is 11.8 Å². The van der Waals surface area contributed by atoms with Crippen LogP contribution in [0.3, 0.4) is 0 Å². The van der Waals surface area contributed by atoms with Crippen LogP contribution in [0.5, 0.6) is 0 Å². The molecule has 1 aromatic rings. The molecule has 2 heterocycles. The van der Waals surface area contributed by atoms with Crippen LogP contribution in [0.1, 0.15) is 56.2 Å². The first-order valence-corrected chi connectivity index (χ1v) is 10.5. The highest BCUT2D eigenvalue weighted by molar-refractivity contribution is 5.89. The molecule has 1 aliphatic carbocycles. The lowest BCUT2D eigenvalue weighted by Crippen LogP contribution is -2.55. The van der Waals surface area contributed by atoms with Gasteiger partial charge in [-0.2, -0.15) is 0 Å². The van der Waals surface area contributed by atoms with Gasteiger partial charge in [-0.25, -0.2) is 0 Å². The standard InChI is InChI=1S/C22H31N3O2/c1-17(26)25-12-11-18-7-5-6-10-20(18)21(25)22(27)24-15-13-23(14-16-24)19-8-3-2-4-9-19/h5-7,10,19,21H,2-4,8-9,11-16H2,1H3. The second-order valence-electron chi connectivity index (χ2n) is 8.22. The minimum atomic E-state index is -0.450. The largest absolute Gasteiger partial charge is 0.338 e. The van der Waals surface area contributed by atoms with Crippen molar-refractivity contribution in [2.24, 2.45) is 0 Å². The molecule has 2 aliphatic heterocycles. The SMILES string of the molecule is CC(=O)N1CCc2ccccc2C1C(=O)N1CCN(C2CCCCC2)CC1. The van der Waals surface area contributed by atoms with Gasteiger partial charge in [-0.15, -0.1) is 0 Å². The third-order valence-electron chi connectivity index (χ3n) is 6.64. The van der Waals surface area contributed by atoms with E-state index < -0.39 is 6.04 Å². The van der Waals surface area contributed by atoms with Crippen LogP contribution in [0.25, 0.3) is 0 Å². The highest BCUT2D eigenvalue weighted by atomic mass is 16.2. The Morgan fingerprint density at radius 2 is 1.63 bits per heavy atom. The first kappa shape index (κ1) is 18.5. The number of fused-ring (bicyclic) bond motifs is 1. The summed E-state index contributed by atoms with van der Waals surface area (Å²) in [5, 5.41) is 0. The molecule has 4 rings (SSSR count). The maximum absolute atomic E-state index is 13.4. The van der Waals surface area contributed by atoms with Gasteiger partial charge in [0.25, 0.3) is 0 Å². The van der Waals surface area contributed by atoms with Crippen molar-refractivity contribution in [1.29, 1.82) is 0 Å². The highest BCUT2D eigenvalue weighted by Crippen LogP contribution is 2.32. The lowest BCUT2D eigenvalue weighted by Gasteiger charge is -2.43. The van der Waals surface area contributed by atoms with Gasteiger partial charge in [-0.3, -0.25) is 14.5 Å². The zero-order valence-corrected chi connectivity index (χ0v) is 16.4. The molecule has 1 aromatic carbocycles. The fourth-order valence-electron chi connectivity index (χ4n) is 5.10. The van der Waals surface area contributed by atoms with Crippen molar-refractivity contribution in [2.45, 2.75) is 57.5 Å². The minimum absolute atomic E-state index is 0.0105. The van der Waals surface area contributed by atoms with Gasteiger partial charge < -0.3 is 9.80 Å². The maximum atomic E-state index is 13.4. The normalized spacial score (nSPS) is 24.6. The third-order valence-corrected chi connectivity index (χ3v) is 6.64. The van der Waals surface area contributed by atoms with E-state index in [2.05, 4.69) is 11.0 Å². The fraction of sp³-hybridized carbons (Fsp3) is 0.636. The van der Waals surface area contributed by atoms with E-state index in [0.717, 1.165) is 38.2 Å². The molecule has 5 nitrogen and oxygen atoms in total. The Kier molecular flexibility index (Phi) is 5.48. The van der Waals surface area contributed by atoms with Crippen molar-refractivity contribution in [3.63, 3.8) is 0 Å². The highest BCUT2D eigenvalue weighted by Gasteiger charge is 2.38. The molecule has 0 N–H and O–H groups in total. The average Bonchev–Trinajstić information content (AvgIpc) is 2.73. The number of nitrogens with zero attached hydrogens (tertiary/aromatic N) is 3. The average molecular weight is 370 g/mol. The Morgan fingerprint density at radius 1 is 0.926 bits per heavy atom. The molecule has 0 bridgehead atoms. The molecule has 2 fully saturated rings. The van der Waals surface area contributed by atoms with E-state index in [9.17, 15) is 9.59 Å². The van der Waals surface area contributed by atoms with Crippen LogP contribution in [0, 0.1) is 0 Å². The lowest BCUT2D eigenvalue weighted by molar-refractivity contribution is -0.147. The quantitative estimate of drug-likeness (QED) is 0.805. The molecule has 27 heavy (non-hydrogen) atoms. The van der Waals surface area contributed by atoms with Crippen molar-refractivity contribution in [3.8, 4) is 0 Å². The number of rotatable bonds is 2. The van der Waals surface area contributed by atoms with Crippen LogP contribution in [0.4, 0.5) is 0 Å². The van der Waals surface area contributed by atoms with Crippen molar-refractivity contribution >= 4 is 11.8 Å². The van der Waals surface area contributed by atoms with Crippen LogP contribution < -0.4 is 0 Å². The molecule has 1 unspecified atom stereocenters. The molecule has 3 aliphatic rings. The van der Waals surface area contributed by atoms with E-state index in [0.29, 0.717) is 12.6 Å². The monoisotopic (exact) mass is 369 g/mol. The minimum Gasteiger partial charge on any atom is -0.338 e. The summed E-state index contributed by atoms with van der Waals surface area (Å²) in [5.74, 6) is 0.0874. The molecule has 0 radical (unpaired) electrons. The number of amides is 2. The van der Waals surface area contributed by atoms with Crippen LogP contribution >= 0.6 is 0 Å². The molecule has 0 aromatic heterocycles. The van der Waals surface area contributed by atoms with E-state index in [1.807, 2.05) is 23.1 Å². The molecule has 146 valence electrons. The molecule has 5 heteroatoms. The summed E-state index contributed by atoms with van der Waals surface area (Å²) >= 11 is 0. The topological polar surface area (TPSA) is 43.9 Å². The van der Waals surface area contributed by atoms with Crippen LogP contribution in [-0.2, 0) is 16.0 Å². The summed E-state index contributed by atoms with van der Waals surface area (Å²) in [5.41, 5.74) is 2.22. The predicted octanol–water partition coefficient (Wildman–Crippen LogP) is 2.61. The van der Waals surface area contributed by atoms with Crippen LogP contribution in [-0.4, -0.2) is 65.3 Å². The van der Waals surface area contributed by atoms with Gasteiger partial charge in [0.2, 0.25) is 11.8 Å². The molecule has 1 saturated carbocycles. The van der Waals surface area contributed by atoms with Gasteiger partial charge in [0.15, 0.2) is 0 Å². The molecular formula is C22H31N3O2. The summed E-state index contributed by atoms with van der Waals surface area (Å²) in [6.07, 6.45) is 7.50. The first-order chi connectivity index (χ1) is 13.1. The first-order valence-electron chi connectivity index (χ1n) is 10.5. The Labute approximate surface area is 162 Å². The van der Waals surface area contributed by atoms with Gasteiger partial charge in [0.1, 0.15) is 6.04 Å². The Hall–Kier alpha value is -1.88. The number of benzene rings is 1. The van der Waals surface area contributed by atoms with E-state index in [1.165, 1.54) is 37.7 Å². The van der Waals surface area contributed by atoms with Gasteiger partial charge in [0, 0.05) is 45.7 Å². The van der Waals surface area contributed by atoms with Crippen molar-refractivity contribution in [1.82, 2.24) is 14.7 Å². The summed E-state index contributed by atoms with van der Waals surface area (Å²) in [7, 11) is 0. The molecule has 1 atom stereocenters. The molecular weight excluding hydrogens is 338 g/mol. The van der Waals surface area contributed by atoms with E-state index in [1.54, 1.807) is 11.8 Å². The molecule has 2 amide bonds. The second-order valence-corrected chi connectivity index (χ2v) is 8.22. The van der Waals surface area contributed by atoms with Crippen molar-refractivity contribution < 1.29 is 9.59 Å². The Morgan fingerprint density at radius 3 is 2.33 bits per heavy atom. The summed E-state index contributed by atoms with van der Waals surface area (Å²) in [4.78, 5) is 32.0. The fourth-order valence-corrected chi connectivity index (χ4v) is 5.10. The predicted molar refractivity (Wildman–Crippen MR) is 105 cm³/mol. The zero-order valence-electron chi connectivity index (χ0n) is 16.4. The summed E-state index contributed by atoms with van der Waals surface area (Å²) in [6.45, 7) is 5.69. The van der Waals surface area contributed by atoms with Crippen LogP contribution in [0.15, 0.2) is 24.3 Å². The number of carbonyl (C=O) groups is 2. The molecule has 0 spiro atoms. The zero-order chi connectivity index (χ0) is 18.8. The lowest BCUT2D eigenvalue weighted by atomic mass is 9.91. The maximum Gasteiger partial charge on any atom is 0.250 e. The smallest absolute Gasteiger partial charge is 0.250 e. The molecule has 1 saturated heterocycles. The number of piperazine rings is 1. The van der Waals surface area contributed by atoms with Crippen LogP contribution in [0.2, 0.25) is 0 Å². The third kappa shape index (κ3) is 3.75. The van der Waals surface area contributed by atoms with Crippen molar-refractivity contribution in [2.75, 3.05) is 32.7 Å². The van der Waals surface area contributed by atoms with E-state index in [4.69, 9.17) is 0 Å². The number of hydrogen-bond acceptors (Lipinski definition) is 3. The Bertz CT molecular complexity index is 691. The van der Waals surface area contributed by atoms with Gasteiger partial charge in [-0.05, 0) is 30.4 Å². The van der Waals surface area contributed by atoms with Gasteiger partial charge in [0.05, 0.1) is 0 Å². The van der Waals surface area contributed by atoms with Gasteiger partial charge in [-0.1, -0.05) is 43.5 Å². The summed E-state index contributed by atoms with van der Waals surface area (Å²) in [6, 6.07) is 8.37. The Balaban J connectivity index is 1.47.